The van der Waals surface area contributed by atoms with Crippen molar-refractivity contribution in [1.29, 1.82) is 0 Å². The zero-order valence-corrected chi connectivity index (χ0v) is 13.7. The number of aromatic nitrogens is 1. The number of morpholine rings is 1. The van der Waals surface area contributed by atoms with Gasteiger partial charge in [-0.2, -0.15) is 0 Å². The summed E-state index contributed by atoms with van der Waals surface area (Å²) >= 11 is 0. The normalized spacial score (nSPS) is 19.9. The first-order valence-electron chi connectivity index (χ1n) is 7.88. The van der Waals surface area contributed by atoms with Gasteiger partial charge in [0.2, 0.25) is 11.8 Å². The highest BCUT2D eigenvalue weighted by Crippen LogP contribution is 2.24. The molecule has 24 heavy (non-hydrogen) atoms. The van der Waals surface area contributed by atoms with Crippen molar-refractivity contribution in [3.05, 3.63) is 47.4 Å². The number of anilines is 1. The molecule has 6 nitrogen and oxygen atoms in total. The number of ether oxygens (including phenoxy) is 1. The summed E-state index contributed by atoms with van der Waals surface area (Å²) in [4.78, 5) is 14.4. The van der Waals surface area contributed by atoms with Gasteiger partial charge in [0.15, 0.2) is 0 Å². The van der Waals surface area contributed by atoms with E-state index in [0.29, 0.717) is 31.3 Å². The van der Waals surface area contributed by atoms with E-state index in [0.717, 1.165) is 5.56 Å². The summed E-state index contributed by atoms with van der Waals surface area (Å²) in [6, 6.07) is 7.59. The summed E-state index contributed by atoms with van der Waals surface area (Å²) in [6.45, 7) is 5.36. The second-order valence-corrected chi connectivity index (χ2v) is 5.90. The molecule has 0 radical (unpaired) electrons. The molecule has 3 rings (SSSR count). The van der Waals surface area contributed by atoms with Gasteiger partial charge in [0.25, 0.3) is 0 Å². The van der Waals surface area contributed by atoms with E-state index in [2.05, 4.69) is 10.5 Å². The van der Waals surface area contributed by atoms with Crippen molar-refractivity contribution >= 4 is 11.8 Å². The third kappa shape index (κ3) is 3.80. The van der Waals surface area contributed by atoms with Crippen LogP contribution in [0.25, 0.3) is 0 Å². The Morgan fingerprint density at radius 3 is 2.83 bits per heavy atom. The van der Waals surface area contributed by atoms with Crippen molar-refractivity contribution in [2.45, 2.75) is 26.0 Å². The van der Waals surface area contributed by atoms with Gasteiger partial charge in [-0.15, -0.1) is 0 Å². The molecule has 1 fully saturated rings. The van der Waals surface area contributed by atoms with Crippen LogP contribution in [0.2, 0.25) is 0 Å². The average Bonchev–Trinajstić information content (AvgIpc) is 3.00. The molecule has 1 aromatic heterocycles. The molecule has 1 aliphatic heterocycles. The van der Waals surface area contributed by atoms with Crippen LogP contribution < -0.4 is 5.32 Å². The molecule has 0 aliphatic carbocycles. The van der Waals surface area contributed by atoms with Crippen LogP contribution in [0.4, 0.5) is 10.3 Å². The van der Waals surface area contributed by atoms with Gasteiger partial charge in [-0.05, 0) is 31.5 Å². The van der Waals surface area contributed by atoms with Gasteiger partial charge in [0.05, 0.1) is 24.4 Å². The number of hydrogen-bond acceptors (Lipinski definition) is 5. The van der Waals surface area contributed by atoms with E-state index in [1.165, 1.54) is 12.1 Å². The van der Waals surface area contributed by atoms with Crippen LogP contribution >= 0.6 is 0 Å². The van der Waals surface area contributed by atoms with Gasteiger partial charge in [-0.1, -0.05) is 17.3 Å². The summed E-state index contributed by atoms with van der Waals surface area (Å²) < 4.78 is 23.8. The molecule has 2 heterocycles. The highest BCUT2D eigenvalue weighted by Gasteiger charge is 2.29. The quantitative estimate of drug-likeness (QED) is 0.931. The lowest BCUT2D eigenvalue weighted by Gasteiger charge is -2.36. The summed E-state index contributed by atoms with van der Waals surface area (Å²) in [7, 11) is 0. The Hall–Kier alpha value is -2.25. The van der Waals surface area contributed by atoms with Crippen LogP contribution in [-0.4, -0.2) is 41.7 Å². The molecule has 1 saturated heterocycles. The van der Waals surface area contributed by atoms with Crippen LogP contribution in [-0.2, 0) is 9.53 Å². The lowest BCUT2D eigenvalue weighted by atomic mass is 10.1. The summed E-state index contributed by atoms with van der Waals surface area (Å²) in [6.07, 6.45) is -0.179. The fourth-order valence-corrected chi connectivity index (χ4v) is 2.71. The Morgan fingerprint density at radius 1 is 1.42 bits per heavy atom. The van der Waals surface area contributed by atoms with Crippen molar-refractivity contribution in [3.63, 3.8) is 0 Å². The van der Waals surface area contributed by atoms with Gasteiger partial charge in [0.1, 0.15) is 5.82 Å². The Labute approximate surface area is 139 Å². The van der Waals surface area contributed by atoms with E-state index in [-0.39, 0.29) is 23.9 Å². The van der Waals surface area contributed by atoms with Crippen molar-refractivity contribution in [3.8, 4) is 0 Å². The second kappa shape index (κ2) is 7.11. The minimum absolute atomic E-state index is 0.161. The number of aryl methyl sites for hydroxylation is 1. The molecule has 1 aromatic carbocycles. The van der Waals surface area contributed by atoms with E-state index in [1.807, 2.05) is 11.8 Å². The minimum Gasteiger partial charge on any atom is -0.371 e. The fraction of sp³-hybridized carbons (Fsp3) is 0.412. The maximum Gasteiger partial charge on any atom is 0.243 e. The van der Waals surface area contributed by atoms with Crippen LogP contribution in [0.5, 0.6) is 0 Å². The Bertz CT molecular complexity index is 701. The van der Waals surface area contributed by atoms with Gasteiger partial charge in [-0.3, -0.25) is 15.0 Å². The second-order valence-electron chi connectivity index (χ2n) is 5.90. The molecule has 1 N–H and O–H groups in total. The van der Waals surface area contributed by atoms with Crippen molar-refractivity contribution in [2.75, 3.05) is 25.0 Å². The molecule has 2 atom stereocenters. The molecule has 0 bridgehead atoms. The summed E-state index contributed by atoms with van der Waals surface area (Å²) in [5.41, 5.74) is 1.61. The van der Waals surface area contributed by atoms with Crippen LogP contribution in [0, 0.1) is 12.7 Å². The zero-order chi connectivity index (χ0) is 17.1. The number of carbonyl (C=O) groups is 1. The lowest BCUT2D eigenvalue weighted by Crippen LogP contribution is -2.48. The predicted molar refractivity (Wildman–Crippen MR) is 86.0 cm³/mol. The average molecular weight is 333 g/mol. The third-order valence-corrected chi connectivity index (χ3v) is 4.14. The first kappa shape index (κ1) is 16.6. The zero-order valence-electron chi connectivity index (χ0n) is 13.7. The number of nitrogens with one attached hydrogen (secondary N) is 1. The van der Waals surface area contributed by atoms with E-state index in [1.54, 1.807) is 25.1 Å². The van der Waals surface area contributed by atoms with Gasteiger partial charge >= 0.3 is 0 Å². The number of halogens is 1. The molecule has 0 spiro atoms. The van der Waals surface area contributed by atoms with E-state index < -0.39 is 0 Å². The van der Waals surface area contributed by atoms with Crippen LogP contribution in [0.1, 0.15) is 24.3 Å². The molecule has 128 valence electrons. The van der Waals surface area contributed by atoms with Gasteiger partial charge in [0, 0.05) is 19.2 Å². The minimum atomic E-state index is -0.345. The van der Waals surface area contributed by atoms with E-state index in [4.69, 9.17) is 9.26 Å². The molecular formula is C17H20FN3O3. The number of rotatable bonds is 4. The number of carbonyl (C=O) groups excluding carboxylic acids is 1. The maximum absolute atomic E-state index is 13.1. The lowest BCUT2D eigenvalue weighted by molar-refractivity contribution is -0.124. The maximum atomic E-state index is 13.1. The highest BCUT2D eigenvalue weighted by atomic mass is 19.1. The molecule has 1 amide bonds. The Morgan fingerprint density at radius 2 is 2.17 bits per heavy atom. The van der Waals surface area contributed by atoms with Gasteiger partial charge in [-0.25, -0.2) is 4.39 Å². The third-order valence-electron chi connectivity index (χ3n) is 4.14. The molecular weight excluding hydrogens is 313 g/mol. The largest absolute Gasteiger partial charge is 0.371 e. The predicted octanol–water partition coefficient (Wildman–Crippen LogP) is 2.52. The number of amides is 1. The van der Waals surface area contributed by atoms with Crippen molar-refractivity contribution < 1.29 is 18.4 Å². The first-order valence-corrected chi connectivity index (χ1v) is 7.88. The SMILES string of the molecule is Cc1cc(NC(=O)[C@@H](C)N2CCO[C@H](c3ccc(F)cc3)C2)on1. The summed E-state index contributed by atoms with van der Waals surface area (Å²) in [5.74, 6) is -0.0971. The smallest absolute Gasteiger partial charge is 0.243 e. The fourth-order valence-electron chi connectivity index (χ4n) is 2.71. The molecule has 7 heteroatoms. The molecule has 0 unspecified atom stereocenters. The van der Waals surface area contributed by atoms with Crippen LogP contribution in [0.3, 0.4) is 0 Å². The topological polar surface area (TPSA) is 67.6 Å². The molecule has 1 aliphatic rings. The van der Waals surface area contributed by atoms with Gasteiger partial charge < -0.3 is 9.26 Å². The monoisotopic (exact) mass is 333 g/mol. The summed E-state index contributed by atoms with van der Waals surface area (Å²) in [5, 5.41) is 6.47. The van der Waals surface area contributed by atoms with Crippen molar-refractivity contribution in [1.82, 2.24) is 10.1 Å². The number of benzene rings is 1. The van der Waals surface area contributed by atoms with E-state index >= 15 is 0 Å². The van der Waals surface area contributed by atoms with Crippen molar-refractivity contribution in [2.24, 2.45) is 0 Å². The number of hydrogen-bond donors (Lipinski definition) is 1. The molecule has 0 saturated carbocycles. The van der Waals surface area contributed by atoms with E-state index in [9.17, 15) is 9.18 Å². The Kier molecular flexibility index (Phi) is 4.92. The first-order chi connectivity index (χ1) is 11.5. The highest BCUT2D eigenvalue weighted by molar-refractivity contribution is 5.93. The number of nitrogens with zero attached hydrogens (tertiary/aromatic N) is 2. The standard InChI is InChI=1S/C17H20FN3O3/c1-11-9-16(24-20-11)19-17(22)12(2)21-7-8-23-15(10-21)13-3-5-14(18)6-4-13/h3-6,9,12,15H,7-8,10H2,1-2H3,(H,19,22)/t12-,15+/m1/s1. The molecule has 2 aromatic rings. The van der Waals surface area contributed by atoms with Crippen LogP contribution in [0.15, 0.2) is 34.9 Å². The Balaban J connectivity index is 1.62.